The number of benzene rings is 1. The van der Waals surface area contributed by atoms with Crippen LogP contribution in [0.3, 0.4) is 0 Å². The van der Waals surface area contributed by atoms with Crippen LogP contribution in [0.2, 0.25) is 0 Å². The van der Waals surface area contributed by atoms with Crippen LogP contribution >= 0.6 is 0 Å². The number of aliphatic carboxylic acids is 1. The van der Waals surface area contributed by atoms with Gasteiger partial charge in [-0.1, -0.05) is 25.1 Å². The van der Waals surface area contributed by atoms with Crippen molar-refractivity contribution in [1.82, 2.24) is 10.3 Å². The van der Waals surface area contributed by atoms with E-state index in [-0.39, 0.29) is 12.3 Å². The number of carboxylic acids is 1. The number of H-pyrrole nitrogens is 1. The highest BCUT2D eigenvalue weighted by Gasteiger charge is 2.12. The molecule has 0 saturated heterocycles. The molecule has 0 aliphatic heterocycles. The highest BCUT2D eigenvalue weighted by atomic mass is 16.4. The van der Waals surface area contributed by atoms with E-state index in [4.69, 9.17) is 0 Å². The zero-order chi connectivity index (χ0) is 14.5. The van der Waals surface area contributed by atoms with Crippen molar-refractivity contribution in [1.29, 1.82) is 0 Å². The molecule has 1 atom stereocenters. The average Bonchev–Trinajstić information content (AvgIpc) is 2.85. The molecule has 1 heterocycles. The van der Waals surface area contributed by atoms with E-state index >= 15 is 0 Å². The number of hydrogen-bond donors (Lipinski definition) is 2. The first-order valence-corrected chi connectivity index (χ1v) is 6.67. The normalized spacial score (nSPS) is 12.2. The number of carbonyl (C=O) groups excluding carboxylic acids is 2. The Bertz CT molecular complexity index is 618. The summed E-state index contributed by atoms with van der Waals surface area (Å²) in [5, 5.41) is 14.3. The van der Waals surface area contributed by atoms with Crippen LogP contribution in [-0.4, -0.2) is 22.9 Å². The maximum atomic E-state index is 11.7. The quantitative estimate of drug-likeness (QED) is 0.814. The second-order valence-electron chi connectivity index (χ2n) is 4.71. The number of aromatic amines is 1. The van der Waals surface area contributed by atoms with Crippen molar-refractivity contribution < 1.29 is 14.7 Å². The fraction of sp³-hybridized carbons (Fsp3) is 0.333. The lowest BCUT2D eigenvalue weighted by Crippen LogP contribution is -2.47. The van der Waals surface area contributed by atoms with Crippen LogP contribution in [-0.2, 0) is 16.0 Å². The summed E-state index contributed by atoms with van der Waals surface area (Å²) in [5.74, 6) is -1.51. The van der Waals surface area contributed by atoms with Gasteiger partial charge in [-0.3, -0.25) is 4.79 Å². The minimum Gasteiger partial charge on any atom is -0.548 e. The monoisotopic (exact) mass is 273 g/mol. The molecule has 0 bridgehead atoms. The van der Waals surface area contributed by atoms with Gasteiger partial charge in [-0.05, 0) is 24.5 Å². The third-order valence-corrected chi connectivity index (χ3v) is 3.32. The van der Waals surface area contributed by atoms with E-state index in [1.165, 1.54) is 0 Å². The van der Waals surface area contributed by atoms with Crippen LogP contribution in [0.5, 0.6) is 0 Å². The maximum Gasteiger partial charge on any atom is 0.220 e. The zero-order valence-electron chi connectivity index (χ0n) is 11.3. The summed E-state index contributed by atoms with van der Waals surface area (Å²) in [7, 11) is 0. The first-order chi connectivity index (χ1) is 9.61. The minimum atomic E-state index is -1.24. The number of nitrogens with one attached hydrogen (secondary N) is 2. The van der Waals surface area contributed by atoms with E-state index in [0.717, 1.165) is 16.5 Å². The number of aryl methyl sites for hydroxylation is 1. The Hall–Kier alpha value is -2.30. The minimum absolute atomic E-state index is 0.256. The van der Waals surface area contributed by atoms with Crippen molar-refractivity contribution in [2.24, 2.45) is 0 Å². The molecule has 2 rings (SSSR count). The molecule has 1 aromatic heterocycles. The summed E-state index contributed by atoms with van der Waals surface area (Å²) in [6, 6.07) is 6.95. The molecule has 0 aliphatic carbocycles. The fourth-order valence-electron chi connectivity index (χ4n) is 2.18. The molecule has 1 aromatic carbocycles. The molecular formula is C15H17N2O3-. The number of carbonyl (C=O) groups is 2. The Balaban J connectivity index is 1.95. The third kappa shape index (κ3) is 3.17. The van der Waals surface area contributed by atoms with E-state index in [1.807, 2.05) is 30.5 Å². The van der Waals surface area contributed by atoms with E-state index < -0.39 is 12.0 Å². The van der Waals surface area contributed by atoms with Gasteiger partial charge in [0, 0.05) is 23.5 Å². The molecule has 20 heavy (non-hydrogen) atoms. The largest absolute Gasteiger partial charge is 0.548 e. The van der Waals surface area contributed by atoms with Crippen molar-refractivity contribution in [2.45, 2.75) is 32.2 Å². The summed E-state index contributed by atoms with van der Waals surface area (Å²) in [6.45, 7) is 1.69. The zero-order valence-corrected chi connectivity index (χ0v) is 11.3. The number of carboxylic acid groups (broad SMARTS) is 1. The molecule has 2 N–H and O–H groups in total. The Labute approximate surface area is 117 Å². The van der Waals surface area contributed by atoms with Crippen LogP contribution in [0.1, 0.15) is 25.3 Å². The van der Waals surface area contributed by atoms with Gasteiger partial charge >= 0.3 is 0 Å². The number of amides is 1. The highest BCUT2D eigenvalue weighted by molar-refractivity contribution is 5.85. The Morgan fingerprint density at radius 1 is 1.35 bits per heavy atom. The van der Waals surface area contributed by atoms with E-state index in [9.17, 15) is 14.7 Å². The number of aromatic nitrogens is 1. The molecule has 0 radical (unpaired) electrons. The molecule has 0 aliphatic rings. The second kappa shape index (κ2) is 6.23. The Morgan fingerprint density at radius 3 is 2.80 bits per heavy atom. The molecule has 1 amide bonds. The van der Waals surface area contributed by atoms with Crippen LogP contribution < -0.4 is 10.4 Å². The summed E-state index contributed by atoms with van der Waals surface area (Å²) in [6.07, 6.45) is 3.03. The molecule has 0 spiro atoms. The summed E-state index contributed by atoms with van der Waals surface area (Å²) in [4.78, 5) is 25.6. The predicted molar refractivity (Wildman–Crippen MR) is 73.8 cm³/mol. The van der Waals surface area contributed by atoms with Crippen LogP contribution in [0.15, 0.2) is 30.5 Å². The number of fused-ring (bicyclic) bond motifs is 1. The van der Waals surface area contributed by atoms with Crippen molar-refractivity contribution in [2.75, 3.05) is 0 Å². The first kappa shape index (κ1) is 14.1. The van der Waals surface area contributed by atoms with Gasteiger partial charge in [0.1, 0.15) is 0 Å². The van der Waals surface area contributed by atoms with Crippen molar-refractivity contribution in [3.05, 3.63) is 36.0 Å². The SMILES string of the molecule is CC[C@H](NC(=O)CCc1c[nH]c2ccccc12)C(=O)[O-]. The Kier molecular flexibility index (Phi) is 4.40. The molecular weight excluding hydrogens is 256 g/mol. The molecule has 0 unspecified atom stereocenters. The van der Waals surface area contributed by atoms with Gasteiger partial charge in [-0.15, -0.1) is 0 Å². The Morgan fingerprint density at radius 2 is 2.10 bits per heavy atom. The standard InChI is InChI=1S/C15H18N2O3/c1-2-12(15(19)20)17-14(18)8-7-10-9-16-13-6-4-3-5-11(10)13/h3-6,9,12,16H,2,7-8H2,1H3,(H,17,18)(H,19,20)/p-1/t12-/m0/s1. The molecule has 5 heteroatoms. The van der Waals surface area contributed by atoms with E-state index in [0.29, 0.717) is 12.8 Å². The van der Waals surface area contributed by atoms with Crippen LogP contribution in [0, 0.1) is 0 Å². The lowest BCUT2D eigenvalue weighted by atomic mass is 10.1. The lowest BCUT2D eigenvalue weighted by molar-refractivity contribution is -0.308. The lowest BCUT2D eigenvalue weighted by Gasteiger charge is -2.17. The molecule has 2 aromatic rings. The fourth-order valence-corrected chi connectivity index (χ4v) is 2.18. The van der Waals surface area contributed by atoms with Crippen LogP contribution in [0.25, 0.3) is 10.9 Å². The van der Waals surface area contributed by atoms with Gasteiger partial charge in [0.05, 0.1) is 12.0 Å². The van der Waals surface area contributed by atoms with E-state index in [2.05, 4.69) is 10.3 Å². The average molecular weight is 273 g/mol. The maximum absolute atomic E-state index is 11.7. The van der Waals surface area contributed by atoms with Crippen LogP contribution in [0.4, 0.5) is 0 Å². The summed E-state index contributed by atoms with van der Waals surface area (Å²) in [5.41, 5.74) is 2.08. The van der Waals surface area contributed by atoms with Gasteiger partial charge in [-0.2, -0.15) is 0 Å². The topological polar surface area (TPSA) is 85.0 Å². The summed E-state index contributed by atoms with van der Waals surface area (Å²) >= 11 is 0. The van der Waals surface area contributed by atoms with Gasteiger partial charge in [-0.25, -0.2) is 0 Å². The smallest absolute Gasteiger partial charge is 0.220 e. The molecule has 5 nitrogen and oxygen atoms in total. The number of hydrogen-bond acceptors (Lipinski definition) is 3. The van der Waals surface area contributed by atoms with Gasteiger partial charge in [0.25, 0.3) is 0 Å². The van der Waals surface area contributed by atoms with Gasteiger partial charge < -0.3 is 20.2 Å². The molecule has 106 valence electrons. The first-order valence-electron chi connectivity index (χ1n) is 6.67. The summed E-state index contributed by atoms with van der Waals surface area (Å²) < 4.78 is 0. The van der Waals surface area contributed by atoms with Gasteiger partial charge in [0.2, 0.25) is 5.91 Å². The number of rotatable bonds is 6. The number of para-hydroxylation sites is 1. The van der Waals surface area contributed by atoms with Gasteiger partial charge in [0.15, 0.2) is 0 Å². The van der Waals surface area contributed by atoms with Crippen molar-refractivity contribution >= 4 is 22.8 Å². The highest BCUT2D eigenvalue weighted by Crippen LogP contribution is 2.18. The second-order valence-corrected chi connectivity index (χ2v) is 4.71. The third-order valence-electron chi connectivity index (χ3n) is 3.32. The predicted octanol–water partition coefficient (Wildman–Crippen LogP) is 0.745. The molecule has 0 saturated carbocycles. The van der Waals surface area contributed by atoms with E-state index in [1.54, 1.807) is 6.92 Å². The van der Waals surface area contributed by atoms with Crippen molar-refractivity contribution in [3.8, 4) is 0 Å². The van der Waals surface area contributed by atoms with Crippen molar-refractivity contribution in [3.63, 3.8) is 0 Å². The molecule has 0 fully saturated rings.